The molecule has 5 rings (SSSR count). The van der Waals surface area contributed by atoms with E-state index in [-0.39, 0.29) is 0 Å². The minimum atomic E-state index is 1.10. The quantitative estimate of drug-likeness (QED) is 0.359. The first-order chi connectivity index (χ1) is 13.4. The molecule has 0 spiro atoms. The van der Waals surface area contributed by atoms with Crippen molar-refractivity contribution in [3.05, 3.63) is 109 Å². The number of fused-ring (bicyclic) bond motifs is 2. The van der Waals surface area contributed by atoms with Crippen molar-refractivity contribution in [1.29, 1.82) is 0 Å². The van der Waals surface area contributed by atoms with Gasteiger partial charge >= 0.3 is 0 Å². The lowest BCUT2D eigenvalue weighted by atomic mass is 9.95. The van der Waals surface area contributed by atoms with E-state index in [9.17, 15) is 0 Å². The zero-order valence-electron chi connectivity index (χ0n) is 14.9. The monoisotopic (exact) mass is 345 g/mol. The third-order valence-corrected chi connectivity index (χ3v) is 5.04. The molecule has 0 aliphatic rings. The smallest absolute Gasteiger partial charge is 0.0464 e. The van der Waals surface area contributed by atoms with Gasteiger partial charge in [0.15, 0.2) is 0 Å². The number of hydrogen-bond donors (Lipinski definition) is 1. The molecule has 1 nitrogen and oxygen atoms in total. The van der Waals surface area contributed by atoms with Gasteiger partial charge in [-0.1, -0.05) is 84.9 Å². The molecule has 5 aromatic rings. The van der Waals surface area contributed by atoms with Crippen molar-refractivity contribution in [2.75, 3.05) is 5.32 Å². The molecule has 0 saturated heterocycles. The third-order valence-electron chi connectivity index (χ3n) is 5.04. The Bertz CT molecular complexity index is 1240. The molecule has 0 heterocycles. The summed E-state index contributed by atoms with van der Waals surface area (Å²) in [6, 6.07) is 38.5. The van der Waals surface area contributed by atoms with E-state index >= 15 is 0 Å². The first-order valence-corrected chi connectivity index (χ1v) is 9.21. The summed E-state index contributed by atoms with van der Waals surface area (Å²) in [6.07, 6.45) is 0. The van der Waals surface area contributed by atoms with Crippen molar-refractivity contribution in [2.45, 2.75) is 0 Å². The molecule has 0 aliphatic heterocycles. The predicted molar refractivity (Wildman–Crippen MR) is 117 cm³/mol. The van der Waals surface area contributed by atoms with Crippen molar-refractivity contribution in [1.82, 2.24) is 0 Å². The van der Waals surface area contributed by atoms with Gasteiger partial charge < -0.3 is 5.32 Å². The maximum absolute atomic E-state index is 3.56. The van der Waals surface area contributed by atoms with E-state index < -0.39 is 0 Å². The van der Waals surface area contributed by atoms with Crippen LogP contribution in [-0.4, -0.2) is 0 Å². The topological polar surface area (TPSA) is 12.0 Å². The Morgan fingerprint density at radius 3 is 2.04 bits per heavy atom. The van der Waals surface area contributed by atoms with Gasteiger partial charge in [-0.15, -0.1) is 0 Å². The number of anilines is 2. The second-order valence-electron chi connectivity index (χ2n) is 6.76. The molecule has 0 atom stereocenters. The van der Waals surface area contributed by atoms with Crippen LogP contribution in [0, 0.1) is 0 Å². The lowest BCUT2D eigenvalue weighted by molar-refractivity contribution is 1.57. The predicted octanol–water partition coefficient (Wildman–Crippen LogP) is 7.40. The van der Waals surface area contributed by atoms with Gasteiger partial charge in [-0.3, -0.25) is 0 Å². The highest BCUT2D eigenvalue weighted by molar-refractivity contribution is 6.05. The first-order valence-electron chi connectivity index (χ1n) is 9.21. The second-order valence-corrected chi connectivity index (χ2v) is 6.76. The summed E-state index contributed by atoms with van der Waals surface area (Å²) < 4.78 is 0. The van der Waals surface area contributed by atoms with Crippen LogP contribution >= 0.6 is 0 Å². The Kier molecular flexibility index (Phi) is 3.84. The van der Waals surface area contributed by atoms with Gasteiger partial charge in [0, 0.05) is 16.8 Å². The molecule has 0 unspecified atom stereocenters. The van der Waals surface area contributed by atoms with Gasteiger partial charge in [0.05, 0.1) is 0 Å². The van der Waals surface area contributed by atoms with Gasteiger partial charge in [0.2, 0.25) is 0 Å². The van der Waals surface area contributed by atoms with Crippen LogP contribution in [0.15, 0.2) is 109 Å². The number of para-hydroxylation sites is 1. The summed E-state index contributed by atoms with van der Waals surface area (Å²) in [7, 11) is 0. The minimum absolute atomic E-state index is 1.10. The molecule has 0 fully saturated rings. The van der Waals surface area contributed by atoms with E-state index in [0.29, 0.717) is 0 Å². The zero-order valence-corrected chi connectivity index (χ0v) is 14.9. The average molecular weight is 345 g/mol. The molecule has 0 amide bonds. The Morgan fingerprint density at radius 1 is 0.481 bits per heavy atom. The highest BCUT2D eigenvalue weighted by Gasteiger charge is 2.08. The van der Waals surface area contributed by atoms with Gasteiger partial charge in [0.25, 0.3) is 0 Å². The molecule has 128 valence electrons. The van der Waals surface area contributed by atoms with Crippen molar-refractivity contribution >= 4 is 32.9 Å². The van der Waals surface area contributed by atoms with Crippen molar-refractivity contribution in [3.63, 3.8) is 0 Å². The highest BCUT2D eigenvalue weighted by Crippen LogP contribution is 2.35. The van der Waals surface area contributed by atoms with E-state index in [1.807, 2.05) is 18.2 Å². The van der Waals surface area contributed by atoms with E-state index in [1.54, 1.807) is 0 Å². The maximum Gasteiger partial charge on any atom is 0.0464 e. The largest absolute Gasteiger partial charge is 0.355 e. The summed E-state index contributed by atoms with van der Waals surface area (Å²) in [5, 5.41) is 8.58. The summed E-state index contributed by atoms with van der Waals surface area (Å²) >= 11 is 0. The lowest BCUT2D eigenvalue weighted by Gasteiger charge is -2.14. The number of hydrogen-bond acceptors (Lipinski definition) is 1. The molecule has 0 aliphatic carbocycles. The van der Waals surface area contributed by atoms with Gasteiger partial charge in [-0.05, 0) is 51.6 Å². The Balaban J connectivity index is 1.66. The van der Waals surface area contributed by atoms with Crippen LogP contribution in [0.5, 0.6) is 0 Å². The number of rotatable bonds is 3. The van der Waals surface area contributed by atoms with E-state index in [0.717, 1.165) is 11.4 Å². The standard InChI is InChI=1S/C26H19N/c1-2-10-22(11-3-1)27-26-17-16-23(24-12-6-7-13-25(24)26)21-15-14-19-8-4-5-9-20(19)18-21/h1-18,27H. The van der Waals surface area contributed by atoms with Crippen molar-refractivity contribution in [2.24, 2.45) is 0 Å². The highest BCUT2D eigenvalue weighted by atomic mass is 14.9. The van der Waals surface area contributed by atoms with Crippen LogP contribution in [-0.2, 0) is 0 Å². The normalized spacial score (nSPS) is 11.0. The van der Waals surface area contributed by atoms with Crippen LogP contribution in [0.1, 0.15) is 0 Å². The summed E-state index contributed by atoms with van der Waals surface area (Å²) in [6.45, 7) is 0. The van der Waals surface area contributed by atoms with E-state index in [4.69, 9.17) is 0 Å². The van der Waals surface area contributed by atoms with Gasteiger partial charge in [0.1, 0.15) is 0 Å². The fourth-order valence-corrected chi connectivity index (χ4v) is 3.69. The number of benzene rings is 5. The molecule has 1 N–H and O–H groups in total. The molecule has 0 saturated carbocycles. The lowest BCUT2D eigenvalue weighted by Crippen LogP contribution is -1.92. The van der Waals surface area contributed by atoms with Crippen LogP contribution in [0.4, 0.5) is 11.4 Å². The summed E-state index contributed by atoms with van der Waals surface area (Å²) in [5.74, 6) is 0. The fourth-order valence-electron chi connectivity index (χ4n) is 3.69. The van der Waals surface area contributed by atoms with Crippen molar-refractivity contribution < 1.29 is 0 Å². The Labute approximate surface area is 158 Å². The molecule has 0 aromatic heterocycles. The Hall–Kier alpha value is -3.58. The second kappa shape index (κ2) is 6.62. The summed E-state index contributed by atoms with van der Waals surface area (Å²) in [4.78, 5) is 0. The molecule has 0 radical (unpaired) electrons. The van der Waals surface area contributed by atoms with Gasteiger partial charge in [-0.25, -0.2) is 0 Å². The van der Waals surface area contributed by atoms with Crippen LogP contribution in [0.25, 0.3) is 32.7 Å². The van der Waals surface area contributed by atoms with E-state index in [1.165, 1.54) is 32.7 Å². The molecular weight excluding hydrogens is 326 g/mol. The molecule has 1 heteroatoms. The first kappa shape index (κ1) is 15.7. The number of nitrogens with one attached hydrogen (secondary N) is 1. The Morgan fingerprint density at radius 2 is 1.19 bits per heavy atom. The van der Waals surface area contributed by atoms with Crippen LogP contribution in [0.3, 0.4) is 0 Å². The van der Waals surface area contributed by atoms with Crippen molar-refractivity contribution in [3.8, 4) is 11.1 Å². The van der Waals surface area contributed by atoms with Crippen LogP contribution in [0.2, 0.25) is 0 Å². The minimum Gasteiger partial charge on any atom is -0.355 e. The molecule has 0 bridgehead atoms. The molecule has 27 heavy (non-hydrogen) atoms. The van der Waals surface area contributed by atoms with E-state index in [2.05, 4.69) is 96.3 Å². The maximum atomic E-state index is 3.56. The molecular formula is C26H19N. The van der Waals surface area contributed by atoms with Gasteiger partial charge in [-0.2, -0.15) is 0 Å². The summed E-state index contributed by atoms with van der Waals surface area (Å²) in [5.41, 5.74) is 4.73. The SMILES string of the molecule is c1ccc(Nc2ccc(-c3ccc4ccccc4c3)c3ccccc23)cc1. The average Bonchev–Trinajstić information content (AvgIpc) is 2.74. The fraction of sp³-hybridized carbons (Fsp3) is 0. The van der Waals surface area contributed by atoms with Crippen LogP contribution < -0.4 is 5.32 Å². The molecule has 5 aromatic carbocycles. The zero-order chi connectivity index (χ0) is 18.1. The third kappa shape index (κ3) is 2.94.